The lowest BCUT2D eigenvalue weighted by atomic mass is 9.32. The first kappa shape index (κ1) is 28.2. The monoisotopic (exact) mass is 545 g/mol. The van der Waals surface area contributed by atoms with Crippen molar-refractivity contribution in [2.45, 2.75) is 105 Å². The maximum absolute atomic E-state index is 14.5. The molecule has 0 heterocycles. The van der Waals surface area contributed by atoms with E-state index in [1.165, 1.54) is 32.1 Å². The van der Waals surface area contributed by atoms with Crippen LogP contribution in [0.2, 0.25) is 0 Å². The lowest BCUT2D eigenvalue weighted by Gasteiger charge is -2.71. The summed E-state index contributed by atoms with van der Waals surface area (Å²) in [6.07, 6.45) is 11.4. The van der Waals surface area contributed by atoms with E-state index in [2.05, 4.69) is 48.5 Å². The van der Waals surface area contributed by atoms with Gasteiger partial charge in [0.1, 0.15) is 5.75 Å². The average molecular weight is 546 g/mol. The normalized spacial score (nSPS) is 45.6. The maximum Gasteiger partial charge on any atom is 0.298 e. The highest BCUT2D eigenvalue weighted by molar-refractivity contribution is 6.04. The van der Waals surface area contributed by atoms with Gasteiger partial charge < -0.3 is 10.5 Å². The van der Waals surface area contributed by atoms with Gasteiger partial charge in [-0.2, -0.15) is 0 Å². The minimum absolute atomic E-state index is 0.00993. The fourth-order valence-electron chi connectivity index (χ4n) is 12.0. The highest BCUT2D eigenvalue weighted by atomic mass is 16.5. The summed E-state index contributed by atoms with van der Waals surface area (Å²) in [4.78, 5) is 25.2. The van der Waals surface area contributed by atoms with Crippen LogP contribution in [-0.4, -0.2) is 17.8 Å². The number of carbonyl (C=O) groups is 2. The van der Waals surface area contributed by atoms with Crippen LogP contribution in [0.25, 0.3) is 5.57 Å². The molecule has 6 rings (SSSR count). The van der Waals surface area contributed by atoms with Gasteiger partial charge in [0, 0.05) is 11.0 Å². The van der Waals surface area contributed by atoms with Crippen molar-refractivity contribution in [2.24, 2.45) is 62.9 Å². The van der Waals surface area contributed by atoms with Gasteiger partial charge in [-0.3, -0.25) is 9.59 Å². The molecule has 1 aromatic carbocycles. The zero-order valence-corrected chi connectivity index (χ0v) is 25.9. The van der Waals surface area contributed by atoms with Crippen LogP contribution in [0.4, 0.5) is 0 Å². The number of nitrogens with two attached hydrogens (primary N) is 1. The predicted octanol–water partition coefficient (Wildman–Crippen LogP) is 7.84. The molecular formula is C36H51NO3. The minimum atomic E-state index is -0.362. The smallest absolute Gasteiger partial charge is 0.298 e. The average Bonchev–Trinajstić information content (AvgIpc) is 3.25. The second kappa shape index (κ2) is 9.03. The number of ether oxygens (including phenoxy) is 1. The van der Waals surface area contributed by atoms with E-state index < -0.39 is 0 Å². The van der Waals surface area contributed by atoms with Crippen LogP contribution in [0.1, 0.15) is 105 Å². The molecule has 2 N–H and O–H groups in total. The van der Waals surface area contributed by atoms with Gasteiger partial charge in [0.25, 0.3) is 6.47 Å². The summed E-state index contributed by atoms with van der Waals surface area (Å²) in [6.45, 7) is 17.5. The van der Waals surface area contributed by atoms with Crippen molar-refractivity contribution in [3.05, 3.63) is 35.9 Å². The standard InChI is InChI=1S/C36H51NO3/c1-22(2)25-14-17-36(37)19-18-33(5)26(31(25)36)12-13-29-34(33,6)16-15-28-32(3,4)27(20-30(39)35(28,29)7)23-8-10-24(11-9-23)40-21-38/h8-11,20-22,25-26,28-29,31H,12-19,37H2,1-7H3/t25-,26+,28-,29-,31+,33+,34+,35-,36-/m0/s1. The van der Waals surface area contributed by atoms with Crippen LogP contribution >= 0.6 is 0 Å². The van der Waals surface area contributed by atoms with Crippen molar-refractivity contribution in [2.75, 3.05) is 0 Å². The number of hydrogen-bond acceptors (Lipinski definition) is 4. The molecule has 1 aromatic rings. The lowest BCUT2D eigenvalue weighted by molar-refractivity contribution is -0.216. The van der Waals surface area contributed by atoms with Gasteiger partial charge in [0.15, 0.2) is 5.78 Å². The van der Waals surface area contributed by atoms with Crippen LogP contribution in [0, 0.1) is 57.2 Å². The van der Waals surface area contributed by atoms with Crippen molar-refractivity contribution in [3.63, 3.8) is 0 Å². The first-order valence-electron chi connectivity index (χ1n) is 16.0. The van der Waals surface area contributed by atoms with Gasteiger partial charge in [0.2, 0.25) is 0 Å². The molecule has 4 heteroatoms. The Kier molecular flexibility index (Phi) is 6.36. The third kappa shape index (κ3) is 3.53. The Labute approximate surface area is 241 Å². The highest BCUT2D eigenvalue weighted by Crippen LogP contribution is 2.76. The molecule has 4 nitrogen and oxygen atoms in total. The third-order valence-electron chi connectivity index (χ3n) is 14.2. The van der Waals surface area contributed by atoms with Crippen molar-refractivity contribution >= 4 is 17.8 Å². The Hall–Kier alpha value is -1.94. The molecule has 0 bridgehead atoms. The van der Waals surface area contributed by atoms with Crippen molar-refractivity contribution in [1.29, 1.82) is 0 Å². The Bertz CT molecular complexity index is 1230. The van der Waals surface area contributed by atoms with Crippen LogP contribution in [0.3, 0.4) is 0 Å². The van der Waals surface area contributed by atoms with Gasteiger partial charge in [-0.25, -0.2) is 0 Å². The summed E-state index contributed by atoms with van der Waals surface area (Å²) >= 11 is 0. The van der Waals surface area contributed by atoms with E-state index in [0.29, 0.717) is 47.6 Å². The fraction of sp³-hybridized carbons (Fsp3) is 0.722. The van der Waals surface area contributed by atoms with Crippen LogP contribution in [0.15, 0.2) is 30.3 Å². The summed E-state index contributed by atoms with van der Waals surface area (Å²) in [5, 5.41) is 0. The predicted molar refractivity (Wildman–Crippen MR) is 160 cm³/mol. The zero-order valence-electron chi connectivity index (χ0n) is 25.9. The van der Waals surface area contributed by atoms with E-state index in [1.807, 2.05) is 30.3 Å². The Balaban J connectivity index is 1.38. The van der Waals surface area contributed by atoms with E-state index in [4.69, 9.17) is 10.5 Å². The van der Waals surface area contributed by atoms with Gasteiger partial charge >= 0.3 is 0 Å². The van der Waals surface area contributed by atoms with Gasteiger partial charge in [-0.05, 0) is 132 Å². The summed E-state index contributed by atoms with van der Waals surface area (Å²) in [5.41, 5.74) is 9.31. The molecule has 0 saturated heterocycles. The molecule has 5 aliphatic rings. The number of fused-ring (bicyclic) bond motifs is 7. The largest absolute Gasteiger partial charge is 0.429 e. The molecule has 0 radical (unpaired) electrons. The van der Waals surface area contributed by atoms with Gasteiger partial charge in [-0.15, -0.1) is 0 Å². The number of rotatable bonds is 4. The Morgan fingerprint density at radius 2 is 1.57 bits per heavy atom. The number of ketones is 1. The van der Waals surface area contributed by atoms with Crippen molar-refractivity contribution in [3.8, 4) is 5.75 Å². The topological polar surface area (TPSA) is 69.4 Å². The molecule has 4 saturated carbocycles. The van der Waals surface area contributed by atoms with E-state index in [-0.39, 0.29) is 27.2 Å². The summed E-state index contributed by atoms with van der Waals surface area (Å²) in [7, 11) is 0. The number of hydrogen-bond donors (Lipinski definition) is 1. The first-order chi connectivity index (χ1) is 18.7. The fourth-order valence-corrected chi connectivity index (χ4v) is 12.0. The van der Waals surface area contributed by atoms with Crippen LogP contribution in [-0.2, 0) is 9.59 Å². The molecule has 0 aromatic heterocycles. The quantitative estimate of drug-likeness (QED) is 0.391. The zero-order chi connectivity index (χ0) is 28.9. The number of benzene rings is 1. The second-order valence-electron chi connectivity index (χ2n) is 16.0. The van der Waals surface area contributed by atoms with Gasteiger partial charge in [0.05, 0.1) is 0 Å². The molecule has 218 valence electrons. The van der Waals surface area contributed by atoms with Gasteiger partial charge in [-0.1, -0.05) is 60.6 Å². The number of carbonyl (C=O) groups excluding carboxylic acids is 2. The molecule has 0 amide bonds. The Morgan fingerprint density at radius 1 is 0.875 bits per heavy atom. The molecule has 0 unspecified atom stereocenters. The van der Waals surface area contributed by atoms with E-state index in [0.717, 1.165) is 36.3 Å². The summed E-state index contributed by atoms with van der Waals surface area (Å²) < 4.78 is 5.02. The van der Waals surface area contributed by atoms with Crippen LogP contribution < -0.4 is 10.5 Å². The van der Waals surface area contributed by atoms with E-state index in [9.17, 15) is 9.59 Å². The minimum Gasteiger partial charge on any atom is -0.429 e. The van der Waals surface area contributed by atoms with E-state index >= 15 is 0 Å². The SMILES string of the molecule is CC(C)[C@@H]1CC[C@]2(N)CC[C@]3(C)[C@H](CC[C@@H]4[C@@]5(C)C(=O)C=C(c6ccc(OC=O)cc6)C(C)(C)[C@@H]5CC[C@]43C)[C@@H]12. The van der Waals surface area contributed by atoms with Crippen molar-refractivity contribution in [1.82, 2.24) is 0 Å². The Morgan fingerprint density at radius 3 is 2.23 bits per heavy atom. The molecule has 5 aliphatic carbocycles. The molecule has 0 spiro atoms. The highest BCUT2D eigenvalue weighted by Gasteiger charge is 2.71. The molecular weight excluding hydrogens is 494 g/mol. The molecule has 0 aliphatic heterocycles. The molecule has 4 fully saturated rings. The maximum atomic E-state index is 14.5. The summed E-state index contributed by atoms with van der Waals surface area (Å²) in [5.74, 6) is 4.21. The number of allylic oxidation sites excluding steroid dienone is 2. The lowest BCUT2D eigenvalue weighted by Crippen LogP contribution is -2.68. The molecule has 9 atom stereocenters. The first-order valence-corrected chi connectivity index (χ1v) is 16.0. The van der Waals surface area contributed by atoms with E-state index in [1.54, 1.807) is 0 Å². The van der Waals surface area contributed by atoms with Crippen molar-refractivity contribution < 1.29 is 14.3 Å². The van der Waals surface area contributed by atoms with Crippen LogP contribution in [0.5, 0.6) is 5.75 Å². The summed E-state index contributed by atoms with van der Waals surface area (Å²) in [6, 6.07) is 7.64. The second-order valence-corrected chi connectivity index (χ2v) is 16.0. The third-order valence-corrected chi connectivity index (χ3v) is 14.2. The molecule has 40 heavy (non-hydrogen) atoms.